The Kier molecular flexibility index (Phi) is 4.23. The molecular formula is C20H21F2N3O4. The summed E-state index contributed by atoms with van der Waals surface area (Å²) in [4.78, 5) is 26.1. The number of carboxylic acids is 1. The van der Waals surface area contributed by atoms with Crippen LogP contribution in [0.25, 0.3) is 10.9 Å². The van der Waals surface area contributed by atoms with Crippen molar-refractivity contribution in [1.29, 1.82) is 0 Å². The van der Waals surface area contributed by atoms with Gasteiger partial charge in [0, 0.05) is 43.5 Å². The fourth-order valence-electron chi connectivity index (χ4n) is 4.84. The Hall–Kier alpha value is -2.36. The quantitative estimate of drug-likeness (QED) is 0.715. The fraction of sp³-hybridized carbons (Fsp3) is 0.500. The van der Waals surface area contributed by atoms with Crippen molar-refractivity contribution in [2.24, 2.45) is 0 Å². The second-order valence-corrected chi connectivity index (χ2v) is 8.18. The van der Waals surface area contributed by atoms with Crippen molar-refractivity contribution in [2.75, 3.05) is 19.6 Å². The summed E-state index contributed by atoms with van der Waals surface area (Å²) in [6, 6.07) is -0.0483. The smallest absolute Gasteiger partial charge is 0.341 e. The minimum Gasteiger partial charge on any atom is -0.477 e. The maximum Gasteiger partial charge on any atom is 0.341 e. The molecular weight excluding hydrogens is 384 g/mol. The van der Waals surface area contributed by atoms with Crippen molar-refractivity contribution in [2.45, 2.75) is 43.5 Å². The maximum absolute atomic E-state index is 15.8. The molecule has 154 valence electrons. The number of nitrogens with zero attached hydrogens (tertiary/aromatic N) is 2. The molecule has 3 fully saturated rings. The zero-order chi connectivity index (χ0) is 20.4. The summed E-state index contributed by atoms with van der Waals surface area (Å²) in [5.74, 6) is -3.12. The lowest BCUT2D eigenvalue weighted by Crippen LogP contribution is -2.50. The van der Waals surface area contributed by atoms with Gasteiger partial charge in [-0.2, -0.15) is 0 Å². The van der Waals surface area contributed by atoms with E-state index in [2.05, 4.69) is 5.32 Å². The molecule has 3 aliphatic rings. The Balaban J connectivity index is 1.74. The Morgan fingerprint density at radius 3 is 2.72 bits per heavy atom. The van der Waals surface area contributed by atoms with Crippen LogP contribution in [0.15, 0.2) is 17.1 Å². The molecule has 7 nitrogen and oxygen atoms in total. The van der Waals surface area contributed by atoms with Crippen LogP contribution in [0, 0.1) is 11.6 Å². The first kappa shape index (κ1) is 18.7. The number of pyridine rings is 1. The zero-order valence-corrected chi connectivity index (χ0v) is 15.6. The van der Waals surface area contributed by atoms with Crippen LogP contribution in [0.5, 0.6) is 0 Å². The summed E-state index contributed by atoms with van der Waals surface area (Å²) < 4.78 is 32.4. The van der Waals surface area contributed by atoms with E-state index in [1.807, 2.05) is 4.90 Å². The Labute approximate surface area is 164 Å². The van der Waals surface area contributed by atoms with Gasteiger partial charge in [0.1, 0.15) is 11.4 Å². The molecule has 2 aliphatic heterocycles. The normalized spacial score (nSPS) is 27.3. The van der Waals surface area contributed by atoms with Crippen molar-refractivity contribution in [3.05, 3.63) is 45.2 Å². The molecule has 0 radical (unpaired) electrons. The summed E-state index contributed by atoms with van der Waals surface area (Å²) in [6.07, 6.45) is 2.52. The number of rotatable bonds is 3. The van der Waals surface area contributed by atoms with E-state index in [0.717, 1.165) is 18.9 Å². The molecule has 3 N–H and O–H groups in total. The summed E-state index contributed by atoms with van der Waals surface area (Å²) >= 11 is 0. The van der Waals surface area contributed by atoms with Crippen LogP contribution in [0.2, 0.25) is 0 Å². The van der Waals surface area contributed by atoms with Gasteiger partial charge in [-0.1, -0.05) is 0 Å². The van der Waals surface area contributed by atoms with E-state index in [4.69, 9.17) is 0 Å². The molecule has 0 bridgehead atoms. The molecule has 1 aromatic carbocycles. The second-order valence-electron chi connectivity index (χ2n) is 8.18. The van der Waals surface area contributed by atoms with Crippen LogP contribution in [-0.2, 0) is 0 Å². The number of aliphatic hydroxyl groups is 1. The van der Waals surface area contributed by atoms with Gasteiger partial charge in [-0.25, -0.2) is 13.6 Å². The minimum absolute atomic E-state index is 0.0450. The van der Waals surface area contributed by atoms with Crippen LogP contribution in [-0.4, -0.2) is 57.4 Å². The number of halogens is 2. The lowest BCUT2D eigenvalue weighted by Gasteiger charge is -2.38. The van der Waals surface area contributed by atoms with Gasteiger partial charge in [0.15, 0.2) is 5.82 Å². The molecule has 9 heteroatoms. The third kappa shape index (κ3) is 2.87. The number of carbonyl (C=O) groups is 1. The molecule has 1 aromatic heterocycles. The maximum atomic E-state index is 15.8. The molecule has 1 saturated carbocycles. The molecule has 0 spiro atoms. The highest BCUT2D eigenvalue weighted by Crippen LogP contribution is 2.40. The number of fused-ring (bicyclic) bond motifs is 2. The summed E-state index contributed by atoms with van der Waals surface area (Å²) in [5, 5.41) is 22.3. The van der Waals surface area contributed by atoms with Gasteiger partial charge in [0.2, 0.25) is 5.43 Å². The van der Waals surface area contributed by atoms with E-state index in [9.17, 15) is 19.8 Å². The van der Waals surface area contributed by atoms with Crippen LogP contribution in [0.1, 0.15) is 47.3 Å². The molecule has 3 heterocycles. The largest absolute Gasteiger partial charge is 0.477 e. The van der Waals surface area contributed by atoms with Gasteiger partial charge >= 0.3 is 5.97 Å². The Morgan fingerprint density at radius 2 is 2.03 bits per heavy atom. The monoisotopic (exact) mass is 405 g/mol. The average molecular weight is 405 g/mol. The topological polar surface area (TPSA) is 94.8 Å². The van der Waals surface area contributed by atoms with Gasteiger partial charge < -0.3 is 20.1 Å². The fourth-order valence-corrected chi connectivity index (χ4v) is 4.84. The average Bonchev–Trinajstić information content (AvgIpc) is 3.43. The summed E-state index contributed by atoms with van der Waals surface area (Å²) in [7, 11) is 0. The predicted molar refractivity (Wildman–Crippen MR) is 100 cm³/mol. The van der Waals surface area contributed by atoms with Gasteiger partial charge in [0.05, 0.1) is 23.0 Å². The molecule has 5 rings (SSSR count). The number of nitrogens with one attached hydrogen (secondary N) is 1. The number of hydrogen-bond acceptors (Lipinski definition) is 5. The van der Waals surface area contributed by atoms with Crippen molar-refractivity contribution in [1.82, 2.24) is 14.8 Å². The van der Waals surface area contributed by atoms with Crippen LogP contribution >= 0.6 is 0 Å². The van der Waals surface area contributed by atoms with Crippen LogP contribution in [0.4, 0.5) is 8.78 Å². The first-order valence-corrected chi connectivity index (χ1v) is 9.82. The Morgan fingerprint density at radius 1 is 1.28 bits per heavy atom. The van der Waals surface area contributed by atoms with E-state index < -0.39 is 40.7 Å². The zero-order valence-electron chi connectivity index (χ0n) is 15.6. The highest BCUT2D eigenvalue weighted by atomic mass is 19.1. The van der Waals surface area contributed by atoms with Crippen molar-refractivity contribution < 1.29 is 23.8 Å². The number of hydrogen-bond donors (Lipinski definition) is 3. The van der Waals surface area contributed by atoms with E-state index in [-0.39, 0.29) is 28.6 Å². The summed E-state index contributed by atoms with van der Waals surface area (Å²) in [6.45, 7) is 1.68. The second kappa shape index (κ2) is 6.58. The predicted octanol–water partition coefficient (Wildman–Crippen LogP) is 1.39. The van der Waals surface area contributed by atoms with Crippen molar-refractivity contribution in [3.8, 4) is 0 Å². The molecule has 3 atom stereocenters. The first-order chi connectivity index (χ1) is 13.9. The van der Waals surface area contributed by atoms with Crippen LogP contribution < -0.4 is 10.7 Å². The molecule has 1 aliphatic carbocycles. The third-order valence-electron chi connectivity index (χ3n) is 6.30. The standard InChI is InChI=1S/C20H21F2N3O4/c21-13-6-11-18(25(9-1-2-9)8-12(19(11)27)20(28)29)16(22)15(13)17-14-5-10(26)7-24(14)4-3-23-17/h6,8-10,14,17,23,26H,1-5,7H2,(H,28,29)/t10?,14?,17-/m1/s1. The lowest BCUT2D eigenvalue weighted by atomic mass is 9.92. The number of carboxylic acid groups (broad SMARTS) is 1. The number of piperazine rings is 1. The molecule has 2 unspecified atom stereocenters. The lowest BCUT2D eigenvalue weighted by molar-refractivity contribution is 0.0694. The highest BCUT2D eigenvalue weighted by molar-refractivity contribution is 5.93. The first-order valence-electron chi connectivity index (χ1n) is 9.82. The van der Waals surface area contributed by atoms with Crippen molar-refractivity contribution >= 4 is 16.9 Å². The van der Waals surface area contributed by atoms with E-state index in [1.165, 1.54) is 10.8 Å². The molecule has 29 heavy (non-hydrogen) atoms. The van der Waals surface area contributed by atoms with E-state index in [1.54, 1.807) is 0 Å². The highest BCUT2D eigenvalue weighted by Gasteiger charge is 2.42. The number of aromatic carboxylic acids is 1. The summed E-state index contributed by atoms with van der Waals surface area (Å²) in [5.41, 5.74) is -1.57. The number of benzene rings is 1. The molecule has 2 saturated heterocycles. The SMILES string of the molecule is O=C(O)c1cn(C2CC2)c2c(F)c([C@@H]3NCCN4CC(O)CC34)c(F)cc2c1=O. The van der Waals surface area contributed by atoms with Crippen LogP contribution in [0.3, 0.4) is 0 Å². The Bertz CT molecular complexity index is 1080. The van der Waals surface area contributed by atoms with Gasteiger partial charge in [-0.05, 0) is 25.3 Å². The number of aromatic nitrogens is 1. The van der Waals surface area contributed by atoms with Crippen molar-refractivity contribution in [3.63, 3.8) is 0 Å². The van der Waals surface area contributed by atoms with Gasteiger partial charge in [0.25, 0.3) is 0 Å². The van der Waals surface area contributed by atoms with Gasteiger partial charge in [-0.3, -0.25) is 9.69 Å². The van der Waals surface area contributed by atoms with E-state index >= 15 is 8.78 Å². The van der Waals surface area contributed by atoms with Gasteiger partial charge in [-0.15, -0.1) is 0 Å². The van der Waals surface area contributed by atoms with E-state index in [0.29, 0.717) is 26.1 Å². The molecule has 2 aromatic rings. The third-order valence-corrected chi connectivity index (χ3v) is 6.30. The number of aliphatic hydroxyl groups excluding tert-OH is 1. The molecule has 0 amide bonds. The minimum atomic E-state index is -1.42.